The van der Waals surface area contributed by atoms with Crippen molar-refractivity contribution in [3.63, 3.8) is 0 Å². The number of amides is 2. The van der Waals surface area contributed by atoms with Gasteiger partial charge in [-0.2, -0.15) is 5.10 Å². The van der Waals surface area contributed by atoms with Crippen molar-refractivity contribution in [3.8, 4) is 0 Å². The summed E-state index contributed by atoms with van der Waals surface area (Å²) in [4.78, 5) is 15.8. The van der Waals surface area contributed by atoms with Gasteiger partial charge < -0.3 is 15.1 Å². The molecule has 0 aliphatic carbocycles. The third-order valence-electron chi connectivity index (χ3n) is 3.41. The summed E-state index contributed by atoms with van der Waals surface area (Å²) in [5, 5.41) is 14.9. The van der Waals surface area contributed by atoms with E-state index in [2.05, 4.69) is 25.5 Å². The molecule has 2 aromatic rings. The molecule has 20 heavy (non-hydrogen) atoms. The van der Waals surface area contributed by atoms with Crippen LogP contribution in [0.2, 0.25) is 0 Å². The Balaban J connectivity index is 1.66. The van der Waals surface area contributed by atoms with Gasteiger partial charge >= 0.3 is 6.03 Å². The number of aromatic nitrogens is 4. The maximum absolute atomic E-state index is 11.7. The molecule has 0 saturated carbocycles. The van der Waals surface area contributed by atoms with E-state index in [0.717, 1.165) is 24.4 Å². The standard InChI is InChI=1S/C12H17N7O/c1-2-13-12(20)18-5-3-17(4-6-18)10-7-11-16-14-9-19(11)15-8-10/h7-9H,2-6H2,1H3,(H,13,20). The Morgan fingerprint density at radius 2 is 2.15 bits per heavy atom. The van der Waals surface area contributed by atoms with Gasteiger partial charge in [-0.25, -0.2) is 9.31 Å². The Hall–Kier alpha value is -2.38. The molecule has 0 bridgehead atoms. The SMILES string of the molecule is CCNC(=O)N1CCN(c2cnn3cnnc3c2)CC1. The van der Waals surface area contributed by atoms with Crippen LogP contribution in [0.25, 0.3) is 5.65 Å². The van der Waals surface area contributed by atoms with Crippen LogP contribution in [0.15, 0.2) is 18.6 Å². The van der Waals surface area contributed by atoms with Gasteiger partial charge in [0.25, 0.3) is 0 Å². The summed E-state index contributed by atoms with van der Waals surface area (Å²) in [5.41, 5.74) is 1.75. The fourth-order valence-electron chi connectivity index (χ4n) is 2.32. The molecule has 0 unspecified atom stereocenters. The Labute approximate surface area is 116 Å². The van der Waals surface area contributed by atoms with Crippen LogP contribution < -0.4 is 10.2 Å². The average molecular weight is 275 g/mol. The van der Waals surface area contributed by atoms with Crippen LogP contribution in [0.4, 0.5) is 10.5 Å². The van der Waals surface area contributed by atoms with E-state index in [9.17, 15) is 4.79 Å². The van der Waals surface area contributed by atoms with Gasteiger partial charge in [-0.3, -0.25) is 0 Å². The monoisotopic (exact) mass is 275 g/mol. The van der Waals surface area contributed by atoms with Crippen LogP contribution in [-0.2, 0) is 0 Å². The maximum atomic E-state index is 11.7. The zero-order valence-corrected chi connectivity index (χ0v) is 11.4. The second kappa shape index (κ2) is 5.32. The van der Waals surface area contributed by atoms with Crippen LogP contribution in [-0.4, -0.2) is 63.5 Å². The second-order valence-electron chi connectivity index (χ2n) is 4.66. The molecule has 3 heterocycles. The summed E-state index contributed by atoms with van der Waals surface area (Å²) >= 11 is 0. The molecule has 0 atom stereocenters. The zero-order chi connectivity index (χ0) is 13.9. The highest BCUT2D eigenvalue weighted by atomic mass is 16.2. The van der Waals surface area contributed by atoms with Gasteiger partial charge in [-0.1, -0.05) is 0 Å². The summed E-state index contributed by atoms with van der Waals surface area (Å²) in [6.45, 7) is 5.60. The molecule has 1 fully saturated rings. The number of nitrogens with zero attached hydrogens (tertiary/aromatic N) is 6. The number of hydrogen-bond acceptors (Lipinski definition) is 5. The van der Waals surface area contributed by atoms with Crippen LogP contribution in [0.3, 0.4) is 0 Å². The van der Waals surface area contributed by atoms with E-state index in [-0.39, 0.29) is 6.03 Å². The maximum Gasteiger partial charge on any atom is 0.317 e. The number of piperazine rings is 1. The first-order valence-corrected chi connectivity index (χ1v) is 6.71. The van der Waals surface area contributed by atoms with E-state index >= 15 is 0 Å². The van der Waals surface area contributed by atoms with Gasteiger partial charge in [0.1, 0.15) is 6.33 Å². The minimum absolute atomic E-state index is 0.0122. The van der Waals surface area contributed by atoms with Crippen LogP contribution in [0.1, 0.15) is 6.92 Å². The molecule has 1 saturated heterocycles. The minimum Gasteiger partial charge on any atom is -0.367 e. The summed E-state index contributed by atoms with van der Waals surface area (Å²) < 4.78 is 1.63. The molecule has 0 aromatic carbocycles. The van der Waals surface area contributed by atoms with Crippen molar-refractivity contribution in [1.82, 2.24) is 30.0 Å². The number of urea groups is 1. The van der Waals surface area contributed by atoms with E-state index < -0.39 is 0 Å². The smallest absolute Gasteiger partial charge is 0.317 e. The van der Waals surface area contributed by atoms with Crippen molar-refractivity contribution in [2.75, 3.05) is 37.6 Å². The molecule has 3 rings (SSSR count). The summed E-state index contributed by atoms with van der Waals surface area (Å²) in [6, 6.07) is 1.97. The van der Waals surface area contributed by atoms with Crippen molar-refractivity contribution >= 4 is 17.4 Å². The number of nitrogens with one attached hydrogen (secondary N) is 1. The quantitative estimate of drug-likeness (QED) is 0.833. The molecular weight excluding hydrogens is 258 g/mol. The van der Waals surface area contributed by atoms with E-state index in [1.807, 2.05) is 17.9 Å². The molecular formula is C12H17N7O. The second-order valence-corrected chi connectivity index (χ2v) is 4.66. The van der Waals surface area contributed by atoms with Gasteiger partial charge in [-0.05, 0) is 6.92 Å². The molecule has 8 heteroatoms. The van der Waals surface area contributed by atoms with Crippen molar-refractivity contribution in [2.24, 2.45) is 0 Å². The van der Waals surface area contributed by atoms with Gasteiger partial charge in [0.05, 0.1) is 11.9 Å². The molecule has 1 aliphatic heterocycles. The Morgan fingerprint density at radius 3 is 2.90 bits per heavy atom. The first kappa shape index (κ1) is 12.6. The lowest BCUT2D eigenvalue weighted by Crippen LogP contribution is -2.51. The van der Waals surface area contributed by atoms with E-state index in [1.165, 1.54) is 0 Å². The third kappa shape index (κ3) is 2.36. The molecule has 0 radical (unpaired) electrons. The van der Waals surface area contributed by atoms with Crippen molar-refractivity contribution in [1.29, 1.82) is 0 Å². The molecule has 8 nitrogen and oxygen atoms in total. The lowest BCUT2D eigenvalue weighted by atomic mass is 10.3. The molecule has 1 N–H and O–H groups in total. The lowest BCUT2D eigenvalue weighted by molar-refractivity contribution is 0.195. The lowest BCUT2D eigenvalue weighted by Gasteiger charge is -2.35. The number of carbonyl (C=O) groups is 1. The molecule has 106 valence electrons. The van der Waals surface area contributed by atoms with Gasteiger partial charge in [0.2, 0.25) is 0 Å². The highest BCUT2D eigenvalue weighted by Crippen LogP contribution is 2.16. The van der Waals surface area contributed by atoms with E-state index in [0.29, 0.717) is 19.6 Å². The average Bonchev–Trinajstić information content (AvgIpc) is 2.95. The van der Waals surface area contributed by atoms with Gasteiger partial charge in [0, 0.05) is 38.8 Å². The minimum atomic E-state index is 0.0122. The Kier molecular flexibility index (Phi) is 3.36. The zero-order valence-electron chi connectivity index (χ0n) is 11.4. The first-order valence-electron chi connectivity index (χ1n) is 6.71. The largest absolute Gasteiger partial charge is 0.367 e. The number of hydrogen-bond donors (Lipinski definition) is 1. The van der Waals surface area contributed by atoms with Crippen molar-refractivity contribution in [3.05, 3.63) is 18.6 Å². The first-order chi connectivity index (χ1) is 9.78. The number of rotatable bonds is 2. The highest BCUT2D eigenvalue weighted by molar-refractivity contribution is 5.74. The highest BCUT2D eigenvalue weighted by Gasteiger charge is 2.21. The van der Waals surface area contributed by atoms with E-state index in [1.54, 1.807) is 17.0 Å². The number of carbonyl (C=O) groups excluding carboxylic acids is 1. The molecule has 0 spiro atoms. The van der Waals surface area contributed by atoms with Gasteiger partial charge in [-0.15, -0.1) is 10.2 Å². The molecule has 1 aliphatic rings. The van der Waals surface area contributed by atoms with E-state index in [4.69, 9.17) is 0 Å². The van der Waals surface area contributed by atoms with Crippen LogP contribution in [0, 0.1) is 0 Å². The Morgan fingerprint density at radius 1 is 1.35 bits per heavy atom. The van der Waals surface area contributed by atoms with Crippen LogP contribution in [0.5, 0.6) is 0 Å². The van der Waals surface area contributed by atoms with Gasteiger partial charge in [0.15, 0.2) is 5.65 Å². The number of anilines is 1. The van der Waals surface area contributed by atoms with Crippen molar-refractivity contribution < 1.29 is 4.79 Å². The fraction of sp³-hybridized carbons (Fsp3) is 0.500. The predicted octanol–water partition coefficient (Wildman–Crippen LogP) is -0.0242. The number of fused-ring (bicyclic) bond motifs is 1. The van der Waals surface area contributed by atoms with Crippen molar-refractivity contribution in [2.45, 2.75) is 6.92 Å². The summed E-state index contributed by atoms with van der Waals surface area (Å²) in [5.74, 6) is 0. The molecule has 2 aromatic heterocycles. The summed E-state index contributed by atoms with van der Waals surface area (Å²) in [7, 11) is 0. The van der Waals surface area contributed by atoms with Crippen LogP contribution >= 0.6 is 0 Å². The normalized spacial score (nSPS) is 15.7. The predicted molar refractivity (Wildman–Crippen MR) is 73.6 cm³/mol. The molecule has 2 amide bonds. The topological polar surface area (TPSA) is 78.7 Å². The fourth-order valence-corrected chi connectivity index (χ4v) is 2.32. The summed E-state index contributed by atoms with van der Waals surface area (Å²) in [6.07, 6.45) is 3.38. The Bertz CT molecular complexity index is 603. The third-order valence-corrected chi connectivity index (χ3v) is 3.41.